The van der Waals surface area contributed by atoms with E-state index in [2.05, 4.69) is 23.9 Å². The number of rotatable bonds is 3. The molecule has 3 heterocycles. The number of Topliss-reactive ketones (excluding diaryl/α,β-unsaturated/α-hetero) is 1. The number of allylic oxidation sites excluding steroid dienone is 2. The topological polar surface area (TPSA) is 78.6 Å². The summed E-state index contributed by atoms with van der Waals surface area (Å²) in [6.07, 6.45) is 2.77. The molecule has 2 aromatic heterocycles. The maximum absolute atomic E-state index is 13.5. The molecule has 0 N–H and O–H groups in total. The van der Waals surface area contributed by atoms with Crippen LogP contribution in [0.15, 0.2) is 72.3 Å². The molecule has 0 spiro atoms. The van der Waals surface area contributed by atoms with Crippen LogP contribution in [0.3, 0.4) is 0 Å². The first-order valence-electron chi connectivity index (χ1n) is 11.3. The molecule has 1 aliphatic carbocycles. The van der Waals surface area contributed by atoms with Gasteiger partial charge in [0.1, 0.15) is 17.8 Å². The van der Waals surface area contributed by atoms with Gasteiger partial charge in [-0.3, -0.25) is 4.79 Å². The third-order valence-corrected chi connectivity index (χ3v) is 6.54. The molecule has 0 amide bonds. The number of nitrogens with zero attached hydrogens (tertiary/aromatic N) is 4. The predicted molar refractivity (Wildman–Crippen MR) is 127 cm³/mol. The summed E-state index contributed by atoms with van der Waals surface area (Å²) in [7, 11) is 1.63. The lowest BCUT2D eigenvalue weighted by Gasteiger charge is -2.37. The van der Waals surface area contributed by atoms with Gasteiger partial charge in [-0.25, -0.2) is 14.5 Å². The lowest BCUT2D eigenvalue weighted by atomic mass is 9.70. The first-order chi connectivity index (χ1) is 16.4. The highest BCUT2D eigenvalue weighted by Crippen LogP contribution is 2.50. The van der Waals surface area contributed by atoms with E-state index in [0.29, 0.717) is 47.3 Å². The van der Waals surface area contributed by atoms with Crippen molar-refractivity contribution in [2.24, 2.45) is 5.41 Å². The van der Waals surface area contributed by atoms with Crippen molar-refractivity contribution in [2.75, 3.05) is 7.11 Å². The number of methoxy groups -OCH3 is 1. The molecule has 0 saturated heterocycles. The normalized spacial score (nSPS) is 18.9. The lowest BCUT2D eigenvalue weighted by Crippen LogP contribution is -2.33. The number of carbonyl (C=O) groups excluding carboxylic acids is 1. The van der Waals surface area contributed by atoms with Gasteiger partial charge in [-0.05, 0) is 23.1 Å². The van der Waals surface area contributed by atoms with Gasteiger partial charge in [-0.15, -0.1) is 5.10 Å². The molecule has 0 fully saturated rings. The van der Waals surface area contributed by atoms with E-state index >= 15 is 0 Å². The lowest BCUT2D eigenvalue weighted by molar-refractivity contribution is -0.118. The van der Waals surface area contributed by atoms with Crippen molar-refractivity contribution >= 4 is 11.4 Å². The van der Waals surface area contributed by atoms with Crippen molar-refractivity contribution in [1.29, 1.82) is 0 Å². The summed E-state index contributed by atoms with van der Waals surface area (Å²) in [4.78, 5) is 23.0. The number of ketones is 1. The Kier molecular flexibility index (Phi) is 4.55. The summed E-state index contributed by atoms with van der Waals surface area (Å²) >= 11 is 0. The Balaban J connectivity index is 1.60. The zero-order valence-electron chi connectivity index (χ0n) is 19.3. The molecule has 170 valence electrons. The minimum atomic E-state index is -0.325. The second-order valence-corrected chi connectivity index (χ2v) is 9.59. The fourth-order valence-electron chi connectivity index (χ4n) is 5.07. The smallest absolute Gasteiger partial charge is 0.228 e. The van der Waals surface area contributed by atoms with E-state index in [9.17, 15) is 4.79 Å². The van der Waals surface area contributed by atoms with Gasteiger partial charge >= 0.3 is 0 Å². The third-order valence-electron chi connectivity index (χ3n) is 6.54. The minimum Gasteiger partial charge on any atom is -0.496 e. The molecule has 2 aromatic carbocycles. The fraction of sp³-hybridized carbons (Fsp3) is 0.259. The predicted octanol–water partition coefficient (Wildman–Crippen LogP) is 4.97. The van der Waals surface area contributed by atoms with Gasteiger partial charge < -0.3 is 9.47 Å². The van der Waals surface area contributed by atoms with Gasteiger partial charge in [0.05, 0.1) is 18.2 Å². The second-order valence-electron chi connectivity index (χ2n) is 9.59. The van der Waals surface area contributed by atoms with Crippen molar-refractivity contribution in [3.63, 3.8) is 0 Å². The molecule has 0 radical (unpaired) electrons. The highest BCUT2D eigenvalue weighted by molar-refractivity contribution is 6.00. The van der Waals surface area contributed by atoms with Crippen LogP contribution in [0.5, 0.6) is 11.6 Å². The van der Waals surface area contributed by atoms with E-state index in [0.717, 1.165) is 16.7 Å². The van der Waals surface area contributed by atoms with Gasteiger partial charge in [-0.1, -0.05) is 56.3 Å². The molecule has 0 saturated carbocycles. The first-order valence-corrected chi connectivity index (χ1v) is 11.3. The van der Waals surface area contributed by atoms with Crippen LogP contribution in [-0.4, -0.2) is 32.5 Å². The summed E-state index contributed by atoms with van der Waals surface area (Å²) in [5.74, 6) is 2.18. The molecular weight excluding hydrogens is 428 g/mol. The number of fused-ring (bicyclic) bond motifs is 3. The number of ether oxygens (including phenoxy) is 2. The highest BCUT2D eigenvalue weighted by Gasteiger charge is 2.43. The van der Waals surface area contributed by atoms with Crippen LogP contribution in [0, 0.1) is 5.41 Å². The number of hydrogen-bond donors (Lipinski definition) is 0. The molecule has 7 nitrogen and oxygen atoms in total. The molecular formula is C27H24N4O3. The standard InChI is InChI=1S/C27H24N4O3/c1-27(2)13-18(32)22-20(14-27)34-26-23(21(22)16-9-5-4-6-10-16)25-29-24(30-31(25)15-28-26)17-11-7-8-12-19(17)33-3/h4-12,15,21H,13-14H2,1-3H3. The van der Waals surface area contributed by atoms with Crippen LogP contribution >= 0.6 is 0 Å². The fourth-order valence-corrected chi connectivity index (χ4v) is 5.07. The Morgan fingerprint density at radius 1 is 1.06 bits per heavy atom. The van der Waals surface area contributed by atoms with Gasteiger partial charge in [0.25, 0.3) is 0 Å². The summed E-state index contributed by atoms with van der Waals surface area (Å²) in [5.41, 5.74) is 3.70. The Hall–Kier alpha value is -4.00. The van der Waals surface area contributed by atoms with Crippen molar-refractivity contribution in [3.05, 3.63) is 83.4 Å². The van der Waals surface area contributed by atoms with Crippen molar-refractivity contribution in [1.82, 2.24) is 19.6 Å². The number of carbonyl (C=O) groups is 1. The van der Waals surface area contributed by atoms with Gasteiger partial charge in [0, 0.05) is 24.3 Å². The Morgan fingerprint density at radius 2 is 1.82 bits per heavy atom. The van der Waals surface area contributed by atoms with Crippen LogP contribution in [0.25, 0.3) is 17.0 Å². The van der Waals surface area contributed by atoms with E-state index in [1.54, 1.807) is 18.0 Å². The summed E-state index contributed by atoms with van der Waals surface area (Å²) < 4.78 is 13.5. The van der Waals surface area contributed by atoms with Crippen molar-refractivity contribution in [2.45, 2.75) is 32.6 Å². The summed E-state index contributed by atoms with van der Waals surface area (Å²) in [6, 6.07) is 17.7. The average molecular weight is 453 g/mol. The summed E-state index contributed by atoms with van der Waals surface area (Å²) in [6.45, 7) is 4.19. The quantitative estimate of drug-likeness (QED) is 0.437. The monoisotopic (exact) mass is 452 g/mol. The molecule has 6 rings (SSSR count). The van der Waals surface area contributed by atoms with Gasteiger partial charge in [-0.2, -0.15) is 0 Å². The summed E-state index contributed by atoms with van der Waals surface area (Å²) in [5, 5.41) is 4.68. The minimum absolute atomic E-state index is 0.109. The van der Waals surface area contributed by atoms with E-state index in [-0.39, 0.29) is 17.1 Å². The number of hydrogen-bond acceptors (Lipinski definition) is 6. The van der Waals surface area contributed by atoms with Gasteiger partial charge in [0.2, 0.25) is 5.88 Å². The molecule has 2 aliphatic rings. The van der Waals surface area contributed by atoms with Crippen LogP contribution in [0.1, 0.15) is 43.7 Å². The van der Waals surface area contributed by atoms with Crippen LogP contribution in [-0.2, 0) is 4.79 Å². The molecule has 34 heavy (non-hydrogen) atoms. The molecule has 1 unspecified atom stereocenters. The van der Waals surface area contributed by atoms with Crippen LogP contribution in [0.4, 0.5) is 0 Å². The van der Waals surface area contributed by atoms with Crippen LogP contribution < -0.4 is 9.47 Å². The molecule has 1 atom stereocenters. The van der Waals surface area contributed by atoms with Gasteiger partial charge in [0.15, 0.2) is 17.3 Å². The average Bonchev–Trinajstić information content (AvgIpc) is 3.27. The van der Waals surface area contributed by atoms with Crippen molar-refractivity contribution in [3.8, 4) is 23.0 Å². The third kappa shape index (κ3) is 3.19. The van der Waals surface area contributed by atoms with E-state index in [4.69, 9.17) is 14.5 Å². The number of aromatic nitrogens is 4. The molecule has 7 heteroatoms. The molecule has 0 bridgehead atoms. The molecule has 1 aliphatic heterocycles. The largest absolute Gasteiger partial charge is 0.496 e. The van der Waals surface area contributed by atoms with Crippen molar-refractivity contribution < 1.29 is 14.3 Å². The zero-order chi connectivity index (χ0) is 23.4. The van der Waals surface area contributed by atoms with E-state index in [1.807, 2.05) is 54.6 Å². The Labute approximate surface area is 197 Å². The second kappa shape index (κ2) is 7.52. The number of benzene rings is 2. The molecule has 4 aromatic rings. The number of para-hydroxylation sites is 1. The first kappa shape index (κ1) is 20.6. The Bertz CT molecular complexity index is 1470. The van der Waals surface area contributed by atoms with Crippen LogP contribution in [0.2, 0.25) is 0 Å². The highest BCUT2D eigenvalue weighted by atomic mass is 16.5. The SMILES string of the molecule is COc1ccccc1-c1nc2c3c(ncn2n1)OC1=C(C(=O)CC(C)(C)C1)C3c1ccccc1. The maximum atomic E-state index is 13.5. The van der Waals surface area contributed by atoms with E-state index in [1.165, 1.54) is 0 Å². The Morgan fingerprint density at radius 3 is 2.62 bits per heavy atom. The maximum Gasteiger partial charge on any atom is 0.228 e. The van der Waals surface area contributed by atoms with E-state index < -0.39 is 0 Å². The zero-order valence-corrected chi connectivity index (χ0v) is 19.3.